The summed E-state index contributed by atoms with van der Waals surface area (Å²) in [6, 6.07) is 18.1. The third kappa shape index (κ3) is 9.10. The molecule has 1 N–H and O–H groups in total. The minimum Gasteiger partial charge on any atom is -0.502 e. The summed E-state index contributed by atoms with van der Waals surface area (Å²) in [5, 5.41) is 12.9. The van der Waals surface area contributed by atoms with Crippen LogP contribution in [0.4, 0.5) is 8.78 Å². The van der Waals surface area contributed by atoms with Gasteiger partial charge in [0, 0.05) is 24.0 Å². The normalized spacial score (nSPS) is 25.8. The van der Waals surface area contributed by atoms with Gasteiger partial charge < -0.3 is 66.0 Å². The number of esters is 3. The number of benzene rings is 4. The number of hydrogen-bond acceptors (Lipinski definition) is 22. The number of aromatic hydroxyl groups is 1. The lowest BCUT2D eigenvalue weighted by Gasteiger charge is -2.49. The molecular formula is C50H40F2N2O17S3. The average molecular weight is 1080 g/mol. The molecule has 0 amide bonds. The number of nitrogens with zero attached hydrogens (tertiary/aromatic N) is 2. The second-order valence-electron chi connectivity index (χ2n) is 17.5. The molecule has 0 unspecified atom stereocenters. The third-order valence-electron chi connectivity index (χ3n) is 13.1. The number of ether oxygens (including phenoxy) is 11. The lowest BCUT2D eigenvalue weighted by Crippen LogP contribution is -2.64. The third-order valence-corrected chi connectivity index (χ3v) is 15.6. The number of thioether (sulfide) groups is 2. The number of methoxy groups -OCH3 is 2. The van der Waals surface area contributed by atoms with Gasteiger partial charge in [-0.15, -0.1) is 11.3 Å². The monoisotopic (exact) mass is 1070 g/mol. The molecule has 74 heavy (non-hydrogen) atoms. The van der Waals surface area contributed by atoms with E-state index in [1.54, 1.807) is 24.3 Å². The van der Waals surface area contributed by atoms with Crippen LogP contribution in [0.15, 0.2) is 97.5 Å². The summed E-state index contributed by atoms with van der Waals surface area (Å²) in [6.45, 7) is -0.297. The number of carbonyl (C=O) groups is 3. The van der Waals surface area contributed by atoms with Crippen molar-refractivity contribution in [3.8, 4) is 28.7 Å². The maximum absolute atomic E-state index is 14.3. The van der Waals surface area contributed by atoms with Crippen LogP contribution in [0.25, 0.3) is 22.2 Å². The molecule has 12 rings (SSSR count). The first-order valence-electron chi connectivity index (χ1n) is 22.9. The average Bonchev–Trinajstić information content (AvgIpc) is 4.28. The predicted molar refractivity (Wildman–Crippen MR) is 253 cm³/mol. The summed E-state index contributed by atoms with van der Waals surface area (Å²) < 4.78 is 107. The first kappa shape index (κ1) is 48.3. The van der Waals surface area contributed by atoms with Crippen LogP contribution in [0.1, 0.15) is 39.9 Å². The lowest BCUT2D eigenvalue weighted by molar-refractivity contribution is -0.369. The van der Waals surface area contributed by atoms with Crippen molar-refractivity contribution < 1.29 is 89.2 Å². The molecule has 3 aromatic heterocycles. The van der Waals surface area contributed by atoms with Crippen LogP contribution in [-0.4, -0.2) is 109 Å². The minimum absolute atomic E-state index is 0.0525. The highest BCUT2D eigenvalue weighted by Gasteiger charge is 2.58. The van der Waals surface area contributed by atoms with Crippen molar-refractivity contribution in [3.05, 3.63) is 111 Å². The lowest BCUT2D eigenvalue weighted by atomic mass is 9.66. The molecule has 3 fully saturated rings. The summed E-state index contributed by atoms with van der Waals surface area (Å²) in [5.41, 5.74) is 2.72. The van der Waals surface area contributed by atoms with Gasteiger partial charge in [0.05, 0.1) is 44.3 Å². The maximum Gasteiger partial charge on any atom is 0.317 e. The zero-order valence-electron chi connectivity index (χ0n) is 38.7. The molecule has 3 saturated heterocycles. The van der Waals surface area contributed by atoms with E-state index in [2.05, 4.69) is 9.97 Å². The standard InChI is InChI=1S/C50H40F2N2O17S3/c1-59-33-10-21(11-34(60-2)41(33)57)39-24-14-31-32(64-20-63-31)15-25(24)42(26-16-61-46(58)40(26)39)70-48-45(69-38(56)19-74-50-54-28-13-23(52)6-8-30(28)67-50)44(43-35(65-48)17-62-47(71-43)36-4-3-9-72-36)68-37(55)18-73-49-53-27-12-22(51)5-7-29(27)66-49/h3-15,26,35,39-40,42-45,47-48,57H,16-20H2,1-2H3/t26-,35+,39+,40-,42+,43+,44-,45+,47+,48-/m0/s1. The minimum atomic E-state index is -1.58. The van der Waals surface area contributed by atoms with E-state index in [0.717, 1.165) is 23.5 Å². The van der Waals surface area contributed by atoms with Crippen LogP contribution in [0.2, 0.25) is 0 Å². The number of phenolic OH excluding ortho intramolecular Hbond substituents is 1. The number of phenols is 1. The second-order valence-corrected chi connectivity index (χ2v) is 20.3. The fraction of sp³-hybridized carbons (Fsp3) is 0.340. The number of hydrogen-bond donors (Lipinski definition) is 1. The van der Waals surface area contributed by atoms with Crippen LogP contribution in [0.5, 0.6) is 28.7 Å². The van der Waals surface area contributed by atoms with Gasteiger partial charge in [0.15, 0.2) is 59.0 Å². The molecule has 384 valence electrons. The molecule has 0 saturated carbocycles. The summed E-state index contributed by atoms with van der Waals surface area (Å²) in [5.74, 6) is -5.67. The number of oxazole rings is 2. The van der Waals surface area contributed by atoms with Gasteiger partial charge in [-0.25, -0.2) is 18.7 Å². The van der Waals surface area contributed by atoms with E-state index in [-0.39, 0.29) is 64.5 Å². The highest BCUT2D eigenvalue weighted by molar-refractivity contribution is 7.99. The zero-order chi connectivity index (χ0) is 50.8. The SMILES string of the molecule is COc1cc([C@@H]2c3cc4c(cc3[C@@H](O[C@@H]3O[C@@H]5CO[C@@H](c6cccs6)O[C@H]5[C@H](OC(=O)CSc5nc6cc(F)ccc6o5)[C@H]3OC(=O)CSc3nc5cc(F)ccc5o3)[C@H]3COC(=O)[C@H]23)OCO4)cc(OC)c1O. The number of aromatic nitrogens is 2. The zero-order valence-corrected chi connectivity index (χ0v) is 41.1. The van der Waals surface area contributed by atoms with E-state index < -0.39 is 96.1 Å². The van der Waals surface area contributed by atoms with Crippen molar-refractivity contribution in [3.63, 3.8) is 0 Å². The maximum atomic E-state index is 14.3. The Bertz CT molecular complexity index is 3280. The van der Waals surface area contributed by atoms with Crippen molar-refractivity contribution >= 4 is 75.0 Å². The van der Waals surface area contributed by atoms with Crippen LogP contribution >= 0.6 is 34.9 Å². The summed E-state index contributed by atoms with van der Waals surface area (Å²) in [4.78, 5) is 51.9. The molecule has 0 bridgehead atoms. The number of carbonyl (C=O) groups excluding carboxylic acids is 3. The molecule has 5 aliphatic rings. The van der Waals surface area contributed by atoms with Crippen molar-refractivity contribution in [1.29, 1.82) is 0 Å². The first-order valence-corrected chi connectivity index (χ1v) is 25.8. The fourth-order valence-electron chi connectivity index (χ4n) is 9.90. The molecule has 0 spiro atoms. The van der Waals surface area contributed by atoms with Gasteiger partial charge in [-0.05, 0) is 76.7 Å². The molecule has 4 aromatic carbocycles. The van der Waals surface area contributed by atoms with E-state index in [0.29, 0.717) is 44.2 Å². The topological polar surface area (TPSA) is 225 Å². The number of rotatable bonds is 14. The summed E-state index contributed by atoms with van der Waals surface area (Å²) >= 11 is 3.14. The van der Waals surface area contributed by atoms with Gasteiger partial charge in [-0.3, -0.25) is 14.4 Å². The summed E-state index contributed by atoms with van der Waals surface area (Å²) in [7, 11) is 2.79. The van der Waals surface area contributed by atoms with E-state index in [9.17, 15) is 28.3 Å². The number of thiophene rings is 1. The van der Waals surface area contributed by atoms with Crippen molar-refractivity contribution in [2.24, 2.45) is 11.8 Å². The highest BCUT2D eigenvalue weighted by Crippen LogP contribution is 2.57. The second kappa shape index (κ2) is 19.9. The molecule has 19 nitrogen and oxygen atoms in total. The van der Waals surface area contributed by atoms with Crippen LogP contribution < -0.4 is 18.9 Å². The van der Waals surface area contributed by atoms with Crippen molar-refractivity contribution in [2.45, 2.75) is 59.5 Å². The number of cyclic esters (lactones) is 1. The largest absolute Gasteiger partial charge is 0.502 e. The van der Waals surface area contributed by atoms with Gasteiger partial charge in [-0.1, -0.05) is 29.6 Å². The number of fused-ring (bicyclic) bond motifs is 6. The Morgan fingerprint density at radius 3 is 2.04 bits per heavy atom. The van der Waals surface area contributed by atoms with E-state index in [4.69, 9.17) is 60.9 Å². The fourth-order valence-corrected chi connectivity index (χ4v) is 11.9. The van der Waals surface area contributed by atoms with Crippen molar-refractivity contribution in [2.75, 3.05) is 45.7 Å². The van der Waals surface area contributed by atoms with Gasteiger partial charge in [0.1, 0.15) is 46.4 Å². The molecule has 7 aromatic rings. The van der Waals surface area contributed by atoms with Gasteiger partial charge in [0.25, 0.3) is 10.4 Å². The highest BCUT2D eigenvalue weighted by atomic mass is 32.2. The Morgan fingerprint density at radius 1 is 0.784 bits per heavy atom. The Balaban J connectivity index is 0.915. The Labute approximate surface area is 429 Å². The Hall–Kier alpha value is -6.67. The van der Waals surface area contributed by atoms with E-state index in [1.807, 2.05) is 17.5 Å². The Kier molecular flexibility index (Phi) is 13.0. The molecule has 1 aliphatic carbocycles. The molecule has 7 heterocycles. The van der Waals surface area contributed by atoms with E-state index in [1.165, 1.54) is 62.0 Å². The number of halogens is 2. The predicted octanol–water partition coefficient (Wildman–Crippen LogP) is 8.00. The van der Waals surface area contributed by atoms with Crippen molar-refractivity contribution in [1.82, 2.24) is 9.97 Å². The van der Waals surface area contributed by atoms with Crippen LogP contribution in [0.3, 0.4) is 0 Å². The van der Waals surface area contributed by atoms with Crippen LogP contribution in [-0.2, 0) is 47.5 Å². The first-order chi connectivity index (χ1) is 36.0. The summed E-state index contributed by atoms with van der Waals surface area (Å²) in [6.07, 6.45) is -8.72. The molecular weight excluding hydrogens is 1030 g/mol. The van der Waals surface area contributed by atoms with Gasteiger partial charge in [-0.2, -0.15) is 0 Å². The molecule has 0 radical (unpaired) electrons. The smallest absolute Gasteiger partial charge is 0.317 e. The van der Waals surface area contributed by atoms with Gasteiger partial charge in [0.2, 0.25) is 12.5 Å². The van der Waals surface area contributed by atoms with Gasteiger partial charge >= 0.3 is 17.9 Å². The van der Waals surface area contributed by atoms with E-state index >= 15 is 0 Å². The molecule has 10 atom stereocenters. The quantitative estimate of drug-likeness (QED) is 0.0618. The van der Waals surface area contributed by atoms with Crippen LogP contribution in [0, 0.1) is 23.5 Å². The Morgan fingerprint density at radius 2 is 1.42 bits per heavy atom. The molecule has 4 aliphatic heterocycles. The molecule has 24 heteroatoms.